The highest BCUT2D eigenvalue weighted by atomic mass is 127. The largest absolute Gasteiger partial charge is 0.496 e. The number of halogens is 1. The Morgan fingerprint density at radius 1 is 1.21 bits per heavy atom. The van der Waals surface area contributed by atoms with Gasteiger partial charge >= 0.3 is 0 Å². The van der Waals surface area contributed by atoms with Gasteiger partial charge in [0.1, 0.15) is 17.2 Å². The number of hydrogen-bond donors (Lipinski definition) is 2. The Balaban J connectivity index is 3.44. The molecule has 1 rings (SSSR count). The van der Waals surface area contributed by atoms with Gasteiger partial charge in [0.05, 0.1) is 23.4 Å². The van der Waals surface area contributed by atoms with Crippen molar-refractivity contribution in [3.8, 4) is 11.5 Å². The van der Waals surface area contributed by atoms with Crippen molar-refractivity contribution in [2.45, 2.75) is 26.7 Å². The van der Waals surface area contributed by atoms with E-state index in [4.69, 9.17) is 15.2 Å². The van der Waals surface area contributed by atoms with Crippen LogP contribution >= 0.6 is 22.6 Å². The molecular formula is C17H23IN2O4. The predicted molar refractivity (Wildman–Crippen MR) is 102 cm³/mol. The molecule has 0 radical (unpaired) electrons. The lowest BCUT2D eigenvalue weighted by Gasteiger charge is -2.16. The molecule has 3 N–H and O–H groups in total. The number of likely N-dealkylation sites (N-methyl/N-ethyl adjacent to an activating group) is 1. The number of benzene rings is 1. The molecule has 0 spiro atoms. The van der Waals surface area contributed by atoms with Crippen LogP contribution in [0.15, 0.2) is 21.4 Å². The minimum Gasteiger partial charge on any atom is -0.496 e. The van der Waals surface area contributed by atoms with Gasteiger partial charge in [0.25, 0.3) is 5.91 Å². The summed E-state index contributed by atoms with van der Waals surface area (Å²) in [5.41, 5.74) is 6.92. The zero-order valence-electron chi connectivity index (χ0n) is 14.5. The number of methoxy groups -OCH3 is 2. The standard InChI is InChI=1S/C17H23IN2O4/c1-6-20-17(22)15(19)14(18)16(21)11-7-10(9(2)3)12(23-4)8-13(11)24-5/h7-9H,6,19H2,1-5H3,(H,20,22). The van der Waals surface area contributed by atoms with E-state index >= 15 is 0 Å². The number of nitrogens with two attached hydrogens (primary N) is 1. The van der Waals surface area contributed by atoms with Gasteiger partial charge in [-0.05, 0) is 47.1 Å². The summed E-state index contributed by atoms with van der Waals surface area (Å²) >= 11 is 1.79. The molecule has 24 heavy (non-hydrogen) atoms. The SMILES string of the molecule is CCNC(=O)C(N)=C(I)C(=O)c1cc(C(C)C)c(OC)cc1OC. The Morgan fingerprint density at radius 2 is 1.79 bits per heavy atom. The van der Waals surface area contributed by atoms with Gasteiger partial charge in [0, 0.05) is 12.6 Å². The molecule has 0 saturated heterocycles. The Bertz CT molecular complexity index is 669. The maximum absolute atomic E-state index is 12.8. The van der Waals surface area contributed by atoms with Gasteiger partial charge in [0.15, 0.2) is 0 Å². The number of ether oxygens (including phenoxy) is 2. The highest BCUT2D eigenvalue weighted by Gasteiger charge is 2.23. The van der Waals surface area contributed by atoms with Gasteiger partial charge in [-0.1, -0.05) is 13.8 Å². The molecule has 1 aromatic rings. The first kappa shape index (κ1) is 20.3. The van der Waals surface area contributed by atoms with Crippen molar-refractivity contribution in [1.82, 2.24) is 5.32 Å². The lowest BCUT2D eigenvalue weighted by molar-refractivity contribution is -0.117. The Morgan fingerprint density at radius 3 is 2.25 bits per heavy atom. The fourth-order valence-electron chi connectivity index (χ4n) is 2.15. The second-order valence-corrected chi connectivity index (χ2v) is 6.44. The van der Waals surface area contributed by atoms with Crippen LogP contribution in [-0.2, 0) is 4.79 Å². The maximum Gasteiger partial charge on any atom is 0.268 e. The minimum absolute atomic E-state index is 0.105. The minimum atomic E-state index is -0.466. The molecule has 0 aliphatic heterocycles. The van der Waals surface area contributed by atoms with Crippen LogP contribution in [0.25, 0.3) is 0 Å². The van der Waals surface area contributed by atoms with Crippen LogP contribution in [0.3, 0.4) is 0 Å². The number of ketones is 1. The van der Waals surface area contributed by atoms with Crippen LogP contribution in [0.1, 0.15) is 42.6 Å². The Hall–Kier alpha value is -1.77. The monoisotopic (exact) mass is 446 g/mol. The Labute approximate surface area is 155 Å². The topological polar surface area (TPSA) is 90.7 Å². The summed E-state index contributed by atoms with van der Waals surface area (Å²) in [6.07, 6.45) is 0. The van der Waals surface area contributed by atoms with Crippen LogP contribution in [0.4, 0.5) is 0 Å². The van der Waals surface area contributed by atoms with Gasteiger partial charge in [-0.3, -0.25) is 9.59 Å². The number of nitrogens with one attached hydrogen (secondary N) is 1. The quantitative estimate of drug-likeness (QED) is 0.382. The van der Waals surface area contributed by atoms with E-state index in [0.717, 1.165) is 5.56 Å². The molecule has 0 heterocycles. The number of allylic oxidation sites excluding steroid dienone is 1. The first-order valence-corrected chi connectivity index (χ1v) is 8.60. The molecule has 0 atom stereocenters. The summed E-state index contributed by atoms with van der Waals surface area (Å²) < 4.78 is 10.8. The smallest absolute Gasteiger partial charge is 0.268 e. The molecule has 0 unspecified atom stereocenters. The molecule has 0 aliphatic rings. The van der Waals surface area contributed by atoms with Gasteiger partial charge in [-0.15, -0.1) is 0 Å². The summed E-state index contributed by atoms with van der Waals surface area (Å²) in [5, 5.41) is 2.58. The number of rotatable bonds is 7. The average molecular weight is 446 g/mol. The second-order valence-electron chi connectivity index (χ2n) is 5.37. The summed E-state index contributed by atoms with van der Waals surface area (Å²) in [5.74, 6) is 0.348. The molecule has 0 aromatic heterocycles. The van der Waals surface area contributed by atoms with Gasteiger partial charge < -0.3 is 20.5 Å². The summed E-state index contributed by atoms with van der Waals surface area (Å²) in [6.45, 7) is 6.22. The first-order valence-electron chi connectivity index (χ1n) is 7.52. The first-order chi connectivity index (χ1) is 11.3. The van der Waals surface area contributed by atoms with Crippen molar-refractivity contribution < 1.29 is 19.1 Å². The van der Waals surface area contributed by atoms with Crippen LogP contribution in [0, 0.1) is 0 Å². The number of carbonyl (C=O) groups is 2. The van der Waals surface area contributed by atoms with E-state index in [1.165, 1.54) is 7.11 Å². The van der Waals surface area contributed by atoms with Crippen molar-refractivity contribution in [2.24, 2.45) is 5.73 Å². The molecule has 6 nitrogen and oxygen atoms in total. The van der Waals surface area contributed by atoms with Crippen molar-refractivity contribution in [2.75, 3.05) is 20.8 Å². The number of carbonyl (C=O) groups excluding carboxylic acids is 2. The van der Waals surface area contributed by atoms with E-state index in [1.54, 1.807) is 48.8 Å². The van der Waals surface area contributed by atoms with Crippen LogP contribution in [-0.4, -0.2) is 32.5 Å². The van der Waals surface area contributed by atoms with Crippen molar-refractivity contribution in [1.29, 1.82) is 0 Å². The van der Waals surface area contributed by atoms with Crippen molar-refractivity contribution in [3.05, 3.63) is 32.5 Å². The van der Waals surface area contributed by atoms with Gasteiger partial charge in [0.2, 0.25) is 5.78 Å². The third-order valence-electron chi connectivity index (χ3n) is 3.44. The van der Waals surface area contributed by atoms with E-state index in [9.17, 15) is 9.59 Å². The lowest BCUT2D eigenvalue weighted by Crippen LogP contribution is -2.29. The number of Topliss-reactive ketones (excluding diaryl/α,β-unsaturated/α-hetero) is 1. The lowest BCUT2D eigenvalue weighted by atomic mass is 9.96. The molecule has 1 aromatic carbocycles. The molecule has 0 bridgehead atoms. The maximum atomic E-state index is 12.8. The van der Waals surface area contributed by atoms with Gasteiger partial charge in [-0.25, -0.2) is 0 Å². The zero-order valence-corrected chi connectivity index (χ0v) is 16.7. The number of hydrogen-bond acceptors (Lipinski definition) is 5. The third-order valence-corrected chi connectivity index (χ3v) is 4.51. The highest BCUT2D eigenvalue weighted by molar-refractivity contribution is 14.1. The Kier molecular flexibility index (Phi) is 7.53. The fourth-order valence-corrected chi connectivity index (χ4v) is 2.68. The normalized spacial score (nSPS) is 11.8. The average Bonchev–Trinajstić information content (AvgIpc) is 2.58. The van der Waals surface area contributed by atoms with Crippen LogP contribution in [0.5, 0.6) is 11.5 Å². The summed E-state index contributed by atoms with van der Waals surface area (Å²) in [4.78, 5) is 24.7. The second kappa shape index (κ2) is 8.91. The molecule has 0 aliphatic carbocycles. The molecule has 0 saturated carbocycles. The van der Waals surface area contributed by atoms with E-state index in [1.807, 2.05) is 13.8 Å². The van der Waals surface area contributed by atoms with Gasteiger partial charge in [-0.2, -0.15) is 0 Å². The predicted octanol–water partition coefficient (Wildman–Crippen LogP) is 2.75. The molecule has 7 heteroatoms. The third kappa shape index (κ3) is 4.40. The summed E-state index contributed by atoms with van der Waals surface area (Å²) in [6, 6.07) is 3.41. The van der Waals surface area contributed by atoms with Crippen LogP contribution in [0.2, 0.25) is 0 Å². The van der Waals surface area contributed by atoms with E-state index < -0.39 is 5.91 Å². The molecular weight excluding hydrogens is 423 g/mol. The van der Waals surface area contributed by atoms with Crippen molar-refractivity contribution in [3.63, 3.8) is 0 Å². The molecule has 132 valence electrons. The fraction of sp³-hybridized carbons (Fsp3) is 0.412. The molecule has 1 amide bonds. The number of amides is 1. The van der Waals surface area contributed by atoms with Crippen LogP contribution < -0.4 is 20.5 Å². The zero-order chi connectivity index (χ0) is 18.4. The highest BCUT2D eigenvalue weighted by Crippen LogP contribution is 2.35. The van der Waals surface area contributed by atoms with E-state index in [-0.39, 0.29) is 21.0 Å². The van der Waals surface area contributed by atoms with E-state index in [0.29, 0.717) is 23.6 Å². The summed E-state index contributed by atoms with van der Waals surface area (Å²) in [7, 11) is 3.04. The molecule has 0 fully saturated rings. The van der Waals surface area contributed by atoms with Crippen molar-refractivity contribution >= 4 is 34.3 Å². The van der Waals surface area contributed by atoms with E-state index in [2.05, 4.69) is 5.32 Å².